The van der Waals surface area contributed by atoms with Crippen LogP contribution in [0.4, 0.5) is 0 Å². The fourth-order valence-corrected chi connectivity index (χ4v) is 2.99. The van der Waals surface area contributed by atoms with Gasteiger partial charge in [0.2, 0.25) is 5.91 Å². The van der Waals surface area contributed by atoms with Crippen LogP contribution in [0, 0.1) is 0 Å². The molecule has 24 heavy (non-hydrogen) atoms. The predicted octanol–water partition coefficient (Wildman–Crippen LogP) is 2.73. The SMILES string of the molecule is C[C@](O)(CNC(=O)/C=C/c1cnc2ccccc2n1)c1cccs1. The topological polar surface area (TPSA) is 75.1 Å². The summed E-state index contributed by atoms with van der Waals surface area (Å²) < 4.78 is 0. The number of rotatable bonds is 5. The molecule has 0 saturated heterocycles. The van der Waals surface area contributed by atoms with Crippen LogP contribution in [-0.2, 0) is 10.4 Å². The highest BCUT2D eigenvalue weighted by molar-refractivity contribution is 7.10. The van der Waals surface area contributed by atoms with Crippen molar-refractivity contribution in [3.63, 3.8) is 0 Å². The summed E-state index contributed by atoms with van der Waals surface area (Å²) >= 11 is 1.46. The molecule has 3 aromatic rings. The second-order valence-corrected chi connectivity index (χ2v) is 6.53. The van der Waals surface area contributed by atoms with Crippen molar-refractivity contribution in [3.05, 3.63) is 64.6 Å². The number of hydrogen-bond donors (Lipinski definition) is 2. The van der Waals surface area contributed by atoms with Crippen molar-refractivity contribution in [1.29, 1.82) is 0 Å². The molecule has 1 aromatic carbocycles. The smallest absolute Gasteiger partial charge is 0.244 e. The number of amides is 1. The molecule has 1 amide bonds. The summed E-state index contributed by atoms with van der Waals surface area (Å²) in [6.07, 6.45) is 4.62. The van der Waals surface area contributed by atoms with Gasteiger partial charge in [0, 0.05) is 11.0 Å². The molecule has 2 heterocycles. The Morgan fingerprint density at radius 2 is 2.08 bits per heavy atom. The fraction of sp³-hybridized carbons (Fsp3) is 0.167. The van der Waals surface area contributed by atoms with E-state index in [-0.39, 0.29) is 12.5 Å². The quantitative estimate of drug-likeness (QED) is 0.701. The third kappa shape index (κ3) is 3.84. The zero-order valence-corrected chi connectivity index (χ0v) is 14.0. The van der Waals surface area contributed by atoms with Gasteiger partial charge in [-0.15, -0.1) is 11.3 Å². The Hall–Kier alpha value is -2.57. The van der Waals surface area contributed by atoms with E-state index in [9.17, 15) is 9.90 Å². The van der Waals surface area contributed by atoms with Crippen LogP contribution in [0.1, 0.15) is 17.5 Å². The maximum Gasteiger partial charge on any atom is 0.244 e. The van der Waals surface area contributed by atoms with Crippen molar-refractivity contribution in [3.8, 4) is 0 Å². The first-order valence-corrected chi connectivity index (χ1v) is 8.37. The number of nitrogens with one attached hydrogen (secondary N) is 1. The van der Waals surface area contributed by atoms with Crippen LogP contribution in [0.5, 0.6) is 0 Å². The standard InChI is InChI=1S/C18H17N3O2S/c1-18(23,16-7-4-10-24-16)12-20-17(22)9-8-13-11-19-14-5-2-3-6-15(14)21-13/h2-11,23H,12H2,1H3,(H,20,22)/b9-8+/t18-/m0/s1. The van der Waals surface area contributed by atoms with E-state index in [1.165, 1.54) is 17.4 Å². The van der Waals surface area contributed by atoms with E-state index in [2.05, 4.69) is 15.3 Å². The van der Waals surface area contributed by atoms with Crippen molar-refractivity contribution in [1.82, 2.24) is 15.3 Å². The lowest BCUT2D eigenvalue weighted by atomic mass is 10.1. The van der Waals surface area contributed by atoms with Gasteiger partial charge in [-0.1, -0.05) is 18.2 Å². The number of aromatic nitrogens is 2. The van der Waals surface area contributed by atoms with Crippen LogP contribution < -0.4 is 5.32 Å². The molecule has 0 bridgehead atoms. The maximum atomic E-state index is 11.9. The van der Waals surface area contributed by atoms with E-state index in [1.54, 1.807) is 19.2 Å². The average Bonchev–Trinajstić information content (AvgIpc) is 3.13. The summed E-state index contributed by atoms with van der Waals surface area (Å²) in [5.41, 5.74) is 1.11. The number of carbonyl (C=O) groups is 1. The maximum absolute atomic E-state index is 11.9. The number of para-hydroxylation sites is 2. The minimum atomic E-state index is -1.08. The van der Waals surface area contributed by atoms with E-state index in [4.69, 9.17) is 0 Å². The Bertz CT molecular complexity index is 873. The normalized spacial score (nSPS) is 13.9. The number of carbonyl (C=O) groups excluding carboxylic acids is 1. The second-order valence-electron chi connectivity index (χ2n) is 5.59. The molecule has 0 fully saturated rings. The summed E-state index contributed by atoms with van der Waals surface area (Å²) in [5, 5.41) is 15.0. The Morgan fingerprint density at radius 3 is 2.83 bits per heavy atom. The van der Waals surface area contributed by atoms with E-state index in [0.717, 1.165) is 15.9 Å². The summed E-state index contributed by atoms with van der Waals surface area (Å²) in [6, 6.07) is 11.3. The molecule has 1 atom stereocenters. The van der Waals surface area contributed by atoms with Crippen molar-refractivity contribution >= 4 is 34.4 Å². The van der Waals surface area contributed by atoms with Crippen molar-refractivity contribution in [2.75, 3.05) is 6.54 Å². The van der Waals surface area contributed by atoms with Crippen LogP contribution in [0.3, 0.4) is 0 Å². The molecular formula is C18H17N3O2S. The molecule has 2 N–H and O–H groups in total. The van der Waals surface area contributed by atoms with Gasteiger partial charge in [-0.2, -0.15) is 0 Å². The second kappa shape index (κ2) is 6.90. The molecule has 5 nitrogen and oxygen atoms in total. The van der Waals surface area contributed by atoms with Gasteiger partial charge in [-0.3, -0.25) is 9.78 Å². The molecule has 0 saturated carbocycles. The number of fused-ring (bicyclic) bond motifs is 1. The Kier molecular flexibility index (Phi) is 4.69. The van der Waals surface area contributed by atoms with E-state index in [0.29, 0.717) is 5.69 Å². The van der Waals surface area contributed by atoms with Crippen LogP contribution in [0.25, 0.3) is 17.1 Å². The molecule has 0 spiro atoms. The van der Waals surface area contributed by atoms with Crippen molar-refractivity contribution in [2.45, 2.75) is 12.5 Å². The number of aliphatic hydroxyl groups is 1. The van der Waals surface area contributed by atoms with Gasteiger partial charge in [-0.25, -0.2) is 4.98 Å². The summed E-state index contributed by atoms with van der Waals surface area (Å²) in [4.78, 5) is 21.5. The molecule has 0 aliphatic carbocycles. The monoisotopic (exact) mass is 339 g/mol. The average molecular weight is 339 g/mol. The zero-order valence-electron chi connectivity index (χ0n) is 13.1. The summed E-state index contributed by atoms with van der Waals surface area (Å²) in [6.45, 7) is 1.82. The molecule has 3 rings (SSSR count). The summed E-state index contributed by atoms with van der Waals surface area (Å²) in [5.74, 6) is -0.290. The van der Waals surface area contributed by atoms with Gasteiger partial charge in [0.15, 0.2) is 0 Å². The minimum Gasteiger partial charge on any atom is -0.383 e. The molecule has 6 heteroatoms. The van der Waals surface area contributed by atoms with Crippen LogP contribution >= 0.6 is 11.3 Å². The lowest BCUT2D eigenvalue weighted by molar-refractivity contribution is -0.117. The van der Waals surface area contributed by atoms with E-state index < -0.39 is 5.60 Å². The fourth-order valence-electron chi connectivity index (χ4n) is 2.20. The highest BCUT2D eigenvalue weighted by Crippen LogP contribution is 2.24. The molecule has 0 aliphatic rings. The number of nitrogens with zero attached hydrogens (tertiary/aromatic N) is 2. The van der Waals surface area contributed by atoms with E-state index in [1.807, 2.05) is 41.8 Å². The van der Waals surface area contributed by atoms with Gasteiger partial charge in [-0.05, 0) is 36.6 Å². The van der Waals surface area contributed by atoms with E-state index >= 15 is 0 Å². The summed E-state index contributed by atoms with van der Waals surface area (Å²) in [7, 11) is 0. The predicted molar refractivity (Wildman–Crippen MR) is 95.5 cm³/mol. The first kappa shape index (κ1) is 16.3. The molecule has 2 aromatic heterocycles. The Morgan fingerprint density at radius 1 is 1.29 bits per heavy atom. The zero-order chi connectivity index (χ0) is 17.0. The highest BCUT2D eigenvalue weighted by Gasteiger charge is 2.24. The van der Waals surface area contributed by atoms with Gasteiger partial charge in [0.05, 0.1) is 29.5 Å². The molecule has 122 valence electrons. The molecular weight excluding hydrogens is 322 g/mol. The third-order valence-electron chi connectivity index (χ3n) is 3.53. The van der Waals surface area contributed by atoms with Crippen LogP contribution in [0.15, 0.2) is 54.1 Å². The number of thiophene rings is 1. The minimum absolute atomic E-state index is 0.139. The van der Waals surface area contributed by atoms with Crippen molar-refractivity contribution < 1.29 is 9.90 Å². The Labute approximate surface area is 143 Å². The number of hydrogen-bond acceptors (Lipinski definition) is 5. The lowest BCUT2D eigenvalue weighted by Crippen LogP contribution is -2.37. The molecule has 0 radical (unpaired) electrons. The molecule has 0 unspecified atom stereocenters. The first-order valence-electron chi connectivity index (χ1n) is 7.49. The first-order chi connectivity index (χ1) is 11.5. The van der Waals surface area contributed by atoms with Gasteiger partial charge in [0.1, 0.15) is 5.60 Å². The lowest BCUT2D eigenvalue weighted by Gasteiger charge is -2.21. The van der Waals surface area contributed by atoms with Gasteiger partial charge in [0.25, 0.3) is 0 Å². The Balaban J connectivity index is 1.62. The van der Waals surface area contributed by atoms with Crippen molar-refractivity contribution in [2.24, 2.45) is 0 Å². The molecule has 0 aliphatic heterocycles. The van der Waals surface area contributed by atoms with Crippen LogP contribution in [-0.4, -0.2) is 27.5 Å². The third-order valence-corrected chi connectivity index (χ3v) is 4.65. The van der Waals surface area contributed by atoms with Crippen LogP contribution in [0.2, 0.25) is 0 Å². The van der Waals surface area contributed by atoms with Gasteiger partial charge < -0.3 is 10.4 Å². The highest BCUT2D eigenvalue weighted by atomic mass is 32.1. The van der Waals surface area contributed by atoms with Gasteiger partial charge >= 0.3 is 0 Å². The number of benzene rings is 1. The largest absolute Gasteiger partial charge is 0.383 e.